The number of aliphatic hydroxyl groups excluding tert-OH is 1. The van der Waals surface area contributed by atoms with Crippen LogP contribution in [0.1, 0.15) is 31.1 Å². The highest BCUT2D eigenvalue weighted by atomic mass is 16.6. The molecule has 0 aromatic carbocycles. The van der Waals surface area contributed by atoms with Crippen molar-refractivity contribution in [3.05, 3.63) is 88.4 Å². The zero-order valence-corrected chi connectivity index (χ0v) is 18.1. The fourth-order valence-electron chi connectivity index (χ4n) is 3.84. The van der Waals surface area contributed by atoms with E-state index in [2.05, 4.69) is 48.4 Å². The van der Waals surface area contributed by atoms with Gasteiger partial charge in [-0.1, -0.05) is 36.4 Å². The van der Waals surface area contributed by atoms with Gasteiger partial charge in [-0.15, -0.1) is 0 Å². The molecule has 0 radical (unpaired) electrons. The fraction of sp³-hybridized carbons (Fsp3) is 0.360. The SMILES string of the molecule is CN1CCC(C#N)(C2=CC=CCC=C2)CC1.COC(O)c1ccc2ccccn2c1=O. The Balaban J connectivity index is 0.000000176. The number of allylic oxidation sites excluding steroid dienone is 6. The van der Waals surface area contributed by atoms with Gasteiger partial charge in [-0.25, -0.2) is 0 Å². The van der Waals surface area contributed by atoms with Crippen LogP contribution in [0, 0.1) is 16.7 Å². The molecule has 1 N–H and O–H groups in total. The molecule has 2 aromatic heterocycles. The maximum Gasteiger partial charge on any atom is 0.263 e. The summed E-state index contributed by atoms with van der Waals surface area (Å²) in [5, 5.41) is 18.9. The van der Waals surface area contributed by atoms with Gasteiger partial charge in [0.15, 0.2) is 6.29 Å². The molecule has 3 heterocycles. The second kappa shape index (κ2) is 10.4. The summed E-state index contributed by atoms with van der Waals surface area (Å²) < 4.78 is 6.18. The third-order valence-corrected chi connectivity index (χ3v) is 5.87. The molecule has 2 aliphatic rings. The van der Waals surface area contributed by atoms with E-state index in [4.69, 9.17) is 4.74 Å². The number of ether oxygens (including phenoxy) is 1. The minimum absolute atomic E-state index is 0.237. The van der Waals surface area contributed by atoms with Crippen molar-refractivity contribution in [2.75, 3.05) is 27.2 Å². The Morgan fingerprint density at radius 1 is 1.19 bits per heavy atom. The van der Waals surface area contributed by atoms with Crippen LogP contribution in [-0.2, 0) is 4.74 Å². The number of aromatic nitrogens is 1. The molecule has 1 unspecified atom stereocenters. The van der Waals surface area contributed by atoms with Crippen LogP contribution in [0.3, 0.4) is 0 Å². The van der Waals surface area contributed by atoms with E-state index in [1.54, 1.807) is 24.4 Å². The maximum atomic E-state index is 11.9. The van der Waals surface area contributed by atoms with E-state index in [-0.39, 0.29) is 16.5 Å². The van der Waals surface area contributed by atoms with Crippen LogP contribution in [-0.4, -0.2) is 41.7 Å². The second-order valence-corrected chi connectivity index (χ2v) is 7.86. The lowest BCUT2D eigenvalue weighted by atomic mass is 9.73. The highest BCUT2D eigenvalue weighted by Gasteiger charge is 2.36. The Bertz CT molecular complexity index is 1080. The average molecular weight is 420 g/mol. The lowest BCUT2D eigenvalue weighted by molar-refractivity contribution is -0.0779. The summed E-state index contributed by atoms with van der Waals surface area (Å²) in [6.45, 7) is 2.03. The van der Waals surface area contributed by atoms with Gasteiger partial charge in [-0.05, 0) is 69.2 Å². The smallest absolute Gasteiger partial charge is 0.263 e. The van der Waals surface area contributed by atoms with Crippen LogP contribution in [0.2, 0.25) is 0 Å². The van der Waals surface area contributed by atoms with E-state index in [9.17, 15) is 15.2 Å². The molecular weight excluding hydrogens is 390 g/mol. The van der Waals surface area contributed by atoms with Crippen molar-refractivity contribution in [3.8, 4) is 6.07 Å². The Labute approximate surface area is 183 Å². The summed E-state index contributed by atoms with van der Waals surface area (Å²) in [7, 11) is 3.47. The van der Waals surface area contributed by atoms with Crippen LogP contribution < -0.4 is 5.56 Å². The van der Waals surface area contributed by atoms with Crippen LogP contribution in [0.25, 0.3) is 5.52 Å². The number of nitrogens with zero attached hydrogens (tertiary/aromatic N) is 3. The van der Waals surface area contributed by atoms with Crippen LogP contribution in [0.15, 0.2) is 77.3 Å². The molecule has 162 valence electrons. The van der Waals surface area contributed by atoms with Gasteiger partial charge < -0.3 is 14.7 Å². The van der Waals surface area contributed by atoms with Crippen molar-refractivity contribution in [2.45, 2.75) is 25.6 Å². The van der Waals surface area contributed by atoms with Crippen molar-refractivity contribution in [3.63, 3.8) is 0 Å². The first-order valence-electron chi connectivity index (χ1n) is 10.5. The van der Waals surface area contributed by atoms with Gasteiger partial charge in [0.05, 0.1) is 17.0 Å². The van der Waals surface area contributed by atoms with Gasteiger partial charge in [0.25, 0.3) is 5.56 Å². The number of likely N-dealkylation sites (tertiary alicyclic amines) is 1. The number of pyridine rings is 2. The van der Waals surface area contributed by atoms with Crippen molar-refractivity contribution in [1.82, 2.24) is 9.30 Å². The molecule has 6 heteroatoms. The molecule has 1 atom stereocenters. The molecule has 1 saturated heterocycles. The molecule has 1 aliphatic heterocycles. The lowest BCUT2D eigenvalue weighted by Crippen LogP contribution is -2.38. The van der Waals surface area contributed by atoms with Crippen molar-refractivity contribution in [1.29, 1.82) is 5.26 Å². The molecule has 31 heavy (non-hydrogen) atoms. The van der Waals surface area contributed by atoms with Crippen molar-refractivity contribution < 1.29 is 9.84 Å². The van der Waals surface area contributed by atoms with E-state index in [0.29, 0.717) is 0 Å². The zero-order valence-electron chi connectivity index (χ0n) is 18.1. The first kappa shape index (κ1) is 22.7. The van der Waals surface area contributed by atoms with Gasteiger partial charge in [0.1, 0.15) is 0 Å². The molecule has 6 nitrogen and oxygen atoms in total. The number of hydrogen-bond acceptors (Lipinski definition) is 5. The molecule has 4 rings (SSSR count). The number of aliphatic hydroxyl groups is 1. The summed E-state index contributed by atoms with van der Waals surface area (Å²) >= 11 is 0. The Morgan fingerprint density at radius 2 is 1.97 bits per heavy atom. The number of rotatable bonds is 3. The molecule has 2 aromatic rings. The minimum Gasteiger partial charge on any atom is -0.364 e. The van der Waals surface area contributed by atoms with E-state index in [1.165, 1.54) is 17.1 Å². The Morgan fingerprint density at radius 3 is 2.68 bits per heavy atom. The van der Waals surface area contributed by atoms with Crippen LogP contribution >= 0.6 is 0 Å². The van der Waals surface area contributed by atoms with Gasteiger partial charge in [0, 0.05) is 18.8 Å². The maximum absolute atomic E-state index is 11.9. The van der Waals surface area contributed by atoms with E-state index < -0.39 is 6.29 Å². The normalized spacial score (nSPS) is 19.0. The number of hydrogen-bond donors (Lipinski definition) is 1. The highest BCUT2D eigenvalue weighted by Crippen LogP contribution is 2.39. The summed E-state index contributed by atoms with van der Waals surface area (Å²) in [6.07, 6.45) is 13.9. The molecule has 0 spiro atoms. The first-order chi connectivity index (χ1) is 15.0. The van der Waals surface area contributed by atoms with Gasteiger partial charge >= 0.3 is 0 Å². The molecular formula is C25H29N3O3. The predicted molar refractivity (Wildman–Crippen MR) is 121 cm³/mol. The summed E-state index contributed by atoms with van der Waals surface area (Å²) in [4.78, 5) is 14.1. The Hall–Kier alpha value is -2.98. The highest BCUT2D eigenvalue weighted by molar-refractivity contribution is 5.47. The number of fused-ring (bicyclic) bond motifs is 1. The van der Waals surface area contributed by atoms with Gasteiger partial charge in [-0.3, -0.25) is 9.20 Å². The quantitative estimate of drug-likeness (QED) is 0.769. The van der Waals surface area contributed by atoms with E-state index in [0.717, 1.165) is 37.9 Å². The third-order valence-electron chi connectivity index (χ3n) is 5.87. The first-order valence-corrected chi connectivity index (χ1v) is 10.5. The molecule has 0 amide bonds. The van der Waals surface area contributed by atoms with Crippen molar-refractivity contribution >= 4 is 5.52 Å². The van der Waals surface area contributed by atoms with Gasteiger partial charge in [0.2, 0.25) is 0 Å². The standard InChI is InChI=1S/C14H18N2.C11H11NO3/c1-16-10-8-14(12-15,9-11-16)13-6-4-2-3-5-7-13;1-15-11(14)9-6-5-8-4-2-3-7-12(8)10(9)13/h2,4-7H,3,8-11H2,1H3;2-7,11,14H,1H3. The predicted octanol–water partition coefficient (Wildman–Crippen LogP) is 3.60. The Kier molecular flexibility index (Phi) is 7.59. The zero-order chi connectivity index (χ0) is 22.3. The number of methoxy groups -OCH3 is 1. The lowest BCUT2D eigenvalue weighted by Gasteiger charge is -2.36. The monoisotopic (exact) mass is 419 g/mol. The fourth-order valence-corrected chi connectivity index (χ4v) is 3.84. The molecule has 0 bridgehead atoms. The van der Waals surface area contributed by atoms with Gasteiger partial charge in [-0.2, -0.15) is 5.26 Å². The summed E-state index contributed by atoms with van der Waals surface area (Å²) in [5.41, 5.74) is 1.70. The molecule has 1 aliphatic carbocycles. The van der Waals surface area contributed by atoms with Crippen LogP contribution in [0.4, 0.5) is 0 Å². The van der Waals surface area contributed by atoms with E-state index >= 15 is 0 Å². The topological polar surface area (TPSA) is 78.0 Å². The van der Waals surface area contributed by atoms with Crippen LogP contribution in [0.5, 0.6) is 0 Å². The second-order valence-electron chi connectivity index (χ2n) is 7.86. The van der Waals surface area contributed by atoms with Crippen molar-refractivity contribution in [2.24, 2.45) is 5.41 Å². The summed E-state index contributed by atoms with van der Waals surface area (Å²) in [6, 6.07) is 11.3. The molecule has 1 fully saturated rings. The third kappa shape index (κ3) is 5.20. The van der Waals surface area contributed by atoms with E-state index in [1.807, 2.05) is 12.1 Å². The number of nitriles is 1. The summed E-state index contributed by atoms with van der Waals surface area (Å²) in [5.74, 6) is 0. The number of piperidine rings is 1. The molecule has 0 saturated carbocycles. The largest absolute Gasteiger partial charge is 0.364 e. The minimum atomic E-state index is -1.17. The average Bonchev–Trinajstić information content (AvgIpc) is 3.10.